The maximum atomic E-state index is 12.6. The lowest BCUT2D eigenvalue weighted by Gasteiger charge is -2.27. The fraction of sp³-hybridized carbons (Fsp3) is 0.333. The first kappa shape index (κ1) is 12.1. The largest absolute Gasteiger partial charge is 0.336 e. The second kappa shape index (κ2) is 4.97. The van der Waals surface area contributed by atoms with Crippen LogP contribution in [0.25, 0.3) is 10.9 Å². The van der Waals surface area contributed by atoms with E-state index in [4.69, 9.17) is 0 Å². The fourth-order valence-electron chi connectivity index (χ4n) is 2.52. The van der Waals surface area contributed by atoms with Crippen molar-refractivity contribution in [3.63, 3.8) is 0 Å². The summed E-state index contributed by atoms with van der Waals surface area (Å²) >= 11 is 0. The lowest BCUT2D eigenvalue weighted by atomic mass is 10.1. The van der Waals surface area contributed by atoms with Crippen molar-refractivity contribution in [2.75, 3.05) is 26.2 Å². The molecule has 0 aliphatic carbocycles. The highest BCUT2D eigenvalue weighted by atomic mass is 16.2. The number of carbonyl (C=O) groups excluding carboxylic acids is 1. The molecular weight excluding hydrogens is 238 g/mol. The molecule has 1 aromatic heterocycles. The first-order chi connectivity index (χ1) is 9.25. The number of aryl methyl sites for hydroxylation is 1. The van der Waals surface area contributed by atoms with E-state index >= 15 is 0 Å². The molecule has 2 aromatic rings. The molecule has 98 valence electrons. The van der Waals surface area contributed by atoms with Gasteiger partial charge in [0, 0.05) is 37.3 Å². The summed E-state index contributed by atoms with van der Waals surface area (Å²) in [5.41, 5.74) is 2.54. The van der Waals surface area contributed by atoms with Crippen molar-refractivity contribution in [1.29, 1.82) is 0 Å². The van der Waals surface area contributed by atoms with Crippen LogP contribution in [-0.4, -0.2) is 42.0 Å². The number of aromatic nitrogens is 1. The molecule has 0 radical (unpaired) electrons. The van der Waals surface area contributed by atoms with Crippen molar-refractivity contribution in [3.05, 3.63) is 41.6 Å². The maximum absolute atomic E-state index is 12.6. The Morgan fingerprint density at radius 2 is 2.00 bits per heavy atom. The Labute approximate surface area is 112 Å². The molecule has 1 aromatic carbocycles. The van der Waals surface area contributed by atoms with Crippen molar-refractivity contribution in [2.45, 2.75) is 6.92 Å². The van der Waals surface area contributed by atoms with Crippen LogP contribution in [0, 0.1) is 6.92 Å². The van der Waals surface area contributed by atoms with E-state index in [0.717, 1.165) is 48.3 Å². The van der Waals surface area contributed by atoms with E-state index in [2.05, 4.69) is 10.3 Å². The molecule has 1 aliphatic rings. The molecule has 1 amide bonds. The Morgan fingerprint density at radius 3 is 2.79 bits per heavy atom. The van der Waals surface area contributed by atoms with Gasteiger partial charge in [-0.05, 0) is 19.1 Å². The van der Waals surface area contributed by atoms with Gasteiger partial charge in [0.2, 0.25) is 0 Å². The monoisotopic (exact) mass is 255 g/mol. The van der Waals surface area contributed by atoms with Gasteiger partial charge in [-0.2, -0.15) is 0 Å². The SMILES string of the molecule is Cc1cc(C(=O)N2CCNCC2)c2ccccc2n1. The number of pyridine rings is 1. The van der Waals surface area contributed by atoms with E-state index in [0.29, 0.717) is 0 Å². The first-order valence-electron chi connectivity index (χ1n) is 6.62. The van der Waals surface area contributed by atoms with Crippen LogP contribution in [0.2, 0.25) is 0 Å². The molecule has 0 unspecified atom stereocenters. The number of benzene rings is 1. The number of carbonyl (C=O) groups is 1. The van der Waals surface area contributed by atoms with Gasteiger partial charge in [0.05, 0.1) is 11.1 Å². The van der Waals surface area contributed by atoms with E-state index < -0.39 is 0 Å². The zero-order valence-electron chi connectivity index (χ0n) is 11.0. The number of hydrogen-bond donors (Lipinski definition) is 1. The molecule has 4 heteroatoms. The topological polar surface area (TPSA) is 45.2 Å². The van der Waals surface area contributed by atoms with Crippen molar-refractivity contribution in [3.8, 4) is 0 Å². The van der Waals surface area contributed by atoms with Crippen molar-refractivity contribution in [1.82, 2.24) is 15.2 Å². The van der Waals surface area contributed by atoms with E-state index in [1.807, 2.05) is 42.2 Å². The van der Waals surface area contributed by atoms with Crippen LogP contribution in [0.15, 0.2) is 30.3 Å². The van der Waals surface area contributed by atoms with Crippen LogP contribution in [0.5, 0.6) is 0 Å². The van der Waals surface area contributed by atoms with Crippen LogP contribution in [-0.2, 0) is 0 Å². The third kappa shape index (κ3) is 2.31. The third-order valence-corrected chi connectivity index (χ3v) is 3.48. The van der Waals surface area contributed by atoms with Crippen LogP contribution < -0.4 is 5.32 Å². The molecule has 4 nitrogen and oxygen atoms in total. The molecule has 3 rings (SSSR count). The molecule has 2 heterocycles. The highest BCUT2D eigenvalue weighted by molar-refractivity contribution is 6.06. The van der Waals surface area contributed by atoms with Crippen LogP contribution >= 0.6 is 0 Å². The second-order valence-electron chi connectivity index (χ2n) is 4.87. The molecule has 19 heavy (non-hydrogen) atoms. The summed E-state index contributed by atoms with van der Waals surface area (Å²) in [6, 6.07) is 9.72. The summed E-state index contributed by atoms with van der Waals surface area (Å²) in [5.74, 6) is 0.114. The minimum absolute atomic E-state index is 0.114. The summed E-state index contributed by atoms with van der Waals surface area (Å²) in [5, 5.41) is 4.20. The number of amides is 1. The lowest BCUT2D eigenvalue weighted by Crippen LogP contribution is -2.46. The summed E-state index contributed by atoms with van der Waals surface area (Å²) in [6.45, 7) is 5.21. The summed E-state index contributed by atoms with van der Waals surface area (Å²) in [7, 11) is 0. The third-order valence-electron chi connectivity index (χ3n) is 3.48. The van der Waals surface area contributed by atoms with Gasteiger partial charge in [-0.25, -0.2) is 0 Å². The molecule has 0 spiro atoms. The molecule has 1 N–H and O–H groups in total. The number of hydrogen-bond acceptors (Lipinski definition) is 3. The number of rotatable bonds is 1. The van der Waals surface area contributed by atoms with E-state index in [1.54, 1.807) is 0 Å². The number of nitrogens with one attached hydrogen (secondary N) is 1. The van der Waals surface area contributed by atoms with Gasteiger partial charge in [0.15, 0.2) is 0 Å². The number of piperazine rings is 1. The maximum Gasteiger partial charge on any atom is 0.254 e. The zero-order valence-corrected chi connectivity index (χ0v) is 11.0. The van der Waals surface area contributed by atoms with Crippen molar-refractivity contribution in [2.24, 2.45) is 0 Å². The highest BCUT2D eigenvalue weighted by Crippen LogP contribution is 2.20. The van der Waals surface area contributed by atoms with Crippen LogP contribution in [0.3, 0.4) is 0 Å². The number of nitrogens with zero attached hydrogens (tertiary/aromatic N) is 2. The van der Waals surface area contributed by atoms with Gasteiger partial charge >= 0.3 is 0 Å². The summed E-state index contributed by atoms with van der Waals surface area (Å²) in [6.07, 6.45) is 0. The zero-order chi connectivity index (χ0) is 13.2. The van der Waals surface area contributed by atoms with Gasteiger partial charge in [0.1, 0.15) is 0 Å². The molecule has 1 aliphatic heterocycles. The predicted octanol–water partition coefficient (Wildman–Crippen LogP) is 1.59. The standard InChI is InChI=1S/C15H17N3O/c1-11-10-13(12-4-2-3-5-14(12)17-11)15(19)18-8-6-16-7-9-18/h2-5,10,16H,6-9H2,1H3. The minimum atomic E-state index is 0.114. The smallest absolute Gasteiger partial charge is 0.254 e. The molecule has 0 atom stereocenters. The molecule has 0 saturated carbocycles. The average Bonchev–Trinajstić information content (AvgIpc) is 2.46. The fourth-order valence-corrected chi connectivity index (χ4v) is 2.52. The second-order valence-corrected chi connectivity index (χ2v) is 4.87. The molecular formula is C15H17N3O. The first-order valence-corrected chi connectivity index (χ1v) is 6.62. The van der Waals surface area contributed by atoms with Gasteiger partial charge in [-0.3, -0.25) is 9.78 Å². The Balaban J connectivity index is 2.05. The normalized spacial score (nSPS) is 15.7. The summed E-state index contributed by atoms with van der Waals surface area (Å²) < 4.78 is 0. The van der Waals surface area contributed by atoms with E-state index in [9.17, 15) is 4.79 Å². The average molecular weight is 255 g/mol. The predicted molar refractivity (Wildman–Crippen MR) is 75.3 cm³/mol. The van der Waals surface area contributed by atoms with Crippen molar-refractivity contribution < 1.29 is 4.79 Å². The van der Waals surface area contributed by atoms with Gasteiger partial charge in [0.25, 0.3) is 5.91 Å². The van der Waals surface area contributed by atoms with Gasteiger partial charge in [-0.1, -0.05) is 18.2 Å². The number of para-hydroxylation sites is 1. The molecule has 0 bridgehead atoms. The lowest BCUT2D eigenvalue weighted by molar-refractivity contribution is 0.0737. The van der Waals surface area contributed by atoms with Crippen LogP contribution in [0.4, 0.5) is 0 Å². The molecule has 1 saturated heterocycles. The summed E-state index contributed by atoms with van der Waals surface area (Å²) in [4.78, 5) is 19.0. The highest BCUT2D eigenvalue weighted by Gasteiger charge is 2.20. The minimum Gasteiger partial charge on any atom is -0.336 e. The Morgan fingerprint density at radius 1 is 1.26 bits per heavy atom. The van der Waals surface area contributed by atoms with Crippen LogP contribution in [0.1, 0.15) is 16.1 Å². The number of fused-ring (bicyclic) bond motifs is 1. The molecule has 1 fully saturated rings. The van der Waals surface area contributed by atoms with Gasteiger partial charge in [-0.15, -0.1) is 0 Å². The Bertz CT molecular complexity index is 618. The van der Waals surface area contributed by atoms with Gasteiger partial charge < -0.3 is 10.2 Å². The van der Waals surface area contributed by atoms with E-state index in [1.165, 1.54) is 0 Å². The quantitative estimate of drug-likeness (QED) is 0.841. The van der Waals surface area contributed by atoms with E-state index in [-0.39, 0.29) is 5.91 Å². The Hall–Kier alpha value is -1.94. The van der Waals surface area contributed by atoms with Crippen molar-refractivity contribution >= 4 is 16.8 Å². The Kier molecular flexibility index (Phi) is 3.17.